The number of likely N-dealkylation sites (tertiary alicyclic amines) is 1. The summed E-state index contributed by atoms with van der Waals surface area (Å²) in [5.41, 5.74) is 2.29. The quantitative estimate of drug-likeness (QED) is 0.560. The Balaban J connectivity index is 1.17. The van der Waals surface area contributed by atoms with Gasteiger partial charge in [-0.2, -0.15) is 13.1 Å². The van der Waals surface area contributed by atoms with E-state index in [-0.39, 0.29) is 29.3 Å². The highest BCUT2D eigenvalue weighted by Gasteiger charge is 2.35. The molecule has 2 aliphatic rings. The molecular weight excluding hydrogens is 470 g/mol. The highest BCUT2D eigenvalue weighted by Crippen LogP contribution is 2.28. The fraction of sp³-hybridized carbons (Fsp3) is 0.458. The van der Waals surface area contributed by atoms with Crippen LogP contribution in [0, 0.1) is 5.92 Å². The first-order chi connectivity index (χ1) is 16.5. The lowest BCUT2D eigenvalue weighted by Gasteiger charge is -2.35. The fourth-order valence-electron chi connectivity index (χ4n) is 4.90. The number of sulfonamides is 1. The summed E-state index contributed by atoms with van der Waals surface area (Å²) in [4.78, 5) is 15.6. The van der Waals surface area contributed by atoms with Crippen LogP contribution in [0.2, 0.25) is 0 Å². The van der Waals surface area contributed by atoms with Crippen LogP contribution < -0.4 is 5.32 Å². The normalized spacial score (nSPS) is 21.0. The Morgan fingerprint density at radius 2 is 1.79 bits per heavy atom. The molecule has 0 aliphatic carbocycles. The number of aromatic nitrogens is 2. The molecule has 0 spiro atoms. The summed E-state index contributed by atoms with van der Waals surface area (Å²) in [6, 6.07) is 15.6. The third kappa shape index (κ3) is 5.00. The number of carbonyl (C=O) groups excluding carboxylic acids is 1. The molecule has 1 amide bonds. The molecule has 8 nitrogen and oxygen atoms in total. The van der Waals surface area contributed by atoms with Crippen LogP contribution in [0.5, 0.6) is 0 Å². The summed E-state index contributed by atoms with van der Waals surface area (Å²) in [7, 11) is -3.74. The Morgan fingerprint density at radius 3 is 2.59 bits per heavy atom. The number of rotatable bonds is 6. The molecule has 2 aromatic carbocycles. The van der Waals surface area contributed by atoms with Crippen molar-refractivity contribution in [1.29, 1.82) is 0 Å². The zero-order valence-corrected chi connectivity index (χ0v) is 20.6. The van der Waals surface area contributed by atoms with Gasteiger partial charge in [0.05, 0.1) is 17.6 Å². The molecule has 2 fully saturated rings. The van der Waals surface area contributed by atoms with Crippen molar-refractivity contribution in [2.45, 2.75) is 43.2 Å². The first kappa shape index (κ1) is 23.3. The van der Waals surface area contributed by atoms with Crippen LogP contribution in [0.3, 0.4) is 0 Å². The van der Waals surface area contributed by atoms with Gasteiger partial charge >= 0.3 is 0 Å². The summed E-state index contributed by atoms with van der Waals surface area (Å²) in [6.45, 7) is 3.43. The van der Waals surface area contributed by atoms with Gasteiger partial charge in [0.1, 0.15) is 15.9 Å². The molecule has 34 heavy (non-hydrogen) atoms. The number of carbonyl (C=O) groups is 1. The second-order valence-corrected chi connectivity index (χ2v) is 11.6. The number of amides is 1. The second kappa shape index (κ2) is 10.1. The average Bonchev–Trinajstić information content (AvgIpc) is 3.35. The van der Waals surface area contributed by atoms with Gasteiger partial charge in [-0.15, -0.1) is 0 Å². The number of nitrogens with one attached hydrogen (secondary N) is 1. The van der Waals surface area contributed by atoms with Crippen molar-refractivity contribution in [2.24, 2.45) is 5.92 Å². The minimum absolute atomic E-state index is 0.0325. The number of hydrogen-bond donors (Lipinski definition) is 1. The van der Waals surface area contributed by atoms with E-state index in [0.29, 0.717) is 30.4 Å². The first-order valence-electron chi connectivity index (χ1n) is 11.8. The van der Waals surface area contributed by atoms with E-state index in [1.54, 1.807) is 18.2 Å². The Hall–Kier alpha value is -2.40. The van der Waals surface area contributed by atoms with Gasteiger partial charge in [0.2, 0.25) is 15.9 Å². The van der Waals surface area contributed by atoms with Gasteiger partial charge in [-0.1, -0.05) is 36.4 Å². The predicted molar refractivity (Wildman–Crippen MR) is 132 cm³/mol. The lowest BCUT2D eigenvalue weighted by atomic mass is 9.97. The molecular formula is C24H29N5O3S2. The zero-order valence-electron chi connectivity index (χ0n) is 19.0. The molecule has 0 saturated carbocycles. The van der Waals surface area contributed by atoms with Crippen LogP contribution in [-0.4, -0.2) is 64.5 Å². The molecule has 180 valence electrons. The van der Waals surface area contributed by atoms with Crippen molar-refractivity contribution in [2.75, 3.05) is 26.2 Å². The monoisotopic (exact) mass is 499 g/mol. The molecule has 0 radical (unpaired) electrons. The fourth-order valence-corrected chi connectivity index (χ4v) is 7.18. The number of nitrogens with zero attached hydrogens (tertiary/aromatic N) is 4. The van der Waals surface area contributed by atoms with Crippen molar-refractivity contribution in [3.8, 4) is 0 Å². The van der Waals surface area contributed by atoms with Crippen LogP contribution in [0.4, 0.5) is 0 Å². The van der Waals surface area contributed by atoms with E-state index in [2.05, 4.69) is 43.2 Å². The highest BCUT2D eigenvalue weighted by molar-refractivity contribution is 7.89. The molecule has 1 aromatic heterocycles. The van der Waals surface area contributed by atoms with Crippen molar-refractivity contribution >= 4 is 38.7 Å². The summed E-state index contributed by atoms with van der Waals surface area (Å²) in [5.74, 6) is -0.367. The van der Waals surface area contributed by atoms with Gasteiger partial charge in [0.15, 0.2) is 0 Å². The maximum Gasteiger partial charge on any atom is 0.245 e. The lowest BCUT2D eigenvalue weighted by molar-refractivity contribution is -0.127. The number of benzene rings is 2. The standard InChI is InChI=1S/C24H29N5O3S2/c30-24(25-20-11-14-28(15-12-20)16-18-6-2-1-3-7-18)19-8-5-13-29(17-19)34(31,32)22-10-4-9-21-23(22)27-33-26-21/h1-4,6-7,9-10,19-20H,5,8,11-17H2,(H,25,30)/t19-/m1/s1. The molecule has 0 unspecified atom stereocenters. The molecule has 1 N–H and O–H groups in total. The van der Waals surface area contributed by atoms with E-state index < -0.39 is 10.0 Å². The van der Waals surface area contributed by atoms with Gasteiger partial charge in [-0.3, -0.25) is 9.69 Å². The van der Waals surface area contributed by atoms with E-state index in [1.165, 1.54) is 9.87 Å². The van der Waals surface area contributed by atoms with Crippen molar-refractivity contribution in [3.63, 3.8) is 0 Å². The van der Waals surface area contributed by atoms with Crippen LogP contribution >= 0.6 is 11.7 Å². The minimum Gasteiger partial charge on any atom is -0.353 e. The summed E-state index contributed by atoms with van der Waals surface area (Å²) < 4.78 is 36.5. The number of piperidine rings is 2. The molecule has 10 heteroatoms. The molecule has 3 heterocycles. The third-order valence-electron chi connectivity index (χ3n) is 6.80. The summed E-state index contributed by atoms with van der Waals surface area (Å²) >= 11 is 1.00. The third-order valence-corrected chi connectivity index (χ3v) is 9.24. The molecule has 5 rings (SSSR count). The summed E-state index contributed by atoms with van der Waals surface area (Å²) in [6.07, 6.45) is 3.18. The Morgan fingerprint density at radius 1 is 1.00 bits per heavy atom. The Kier molecular flexibility index (Phi) is 6.91. The maximum absolute atomic E-state index is 13.4. The largest absolute Gasteiger partial charge is 0.353 e. The van der Waals surface area contributed by atoms with Gasteiger partial charge in [-0.25, -0.2) is 8.42 Å². The van der Waals surface area contributed by atoms with E-state index in [0.717, 1.165) is 44.2 Å². The average molecular weight is 500 g/mol. The number of fused-ring (bicyclic) bond motifs is 1. The maximum atomic E-state index is 13.4. The minimum atomic E-state index is -3.74. The van der Waals surface area contributed by atoms with Crippen LogP contribution in [0.15, 0.2) is 53.4 Å². The summed E-state index contributed by atoms with van der Waals surface area (Å²) in [5, 5.41) is 3.20. The van der Waals surface area contributed by atoms with E-state index in [9.17, 15) is 13.2 Å². The Labute approximate surface area is 204 Å². The SMILES string of the molecule is O=C(NC1CCN(Cc2ccccc2)CC1)[C@@H]1CCCN(S(=O)(=O)c2cccc3nsnc23)C1. The topological polar surface area (TPSA) is 95.5 Å². The molecule has 2 saturated heterocycles. The molecule has 1 atom stereocenters. The smallest absolute Gasteiger partial charge is 0.245 e. The van der Waals surface area contributed by atoms with E-state index in [4.69, 9.17) is 0 Å². The van der Waals surface area contributed by atoms with Gasteiger partial charge in [-0.05, 0) is 43.4 Å². The van der Waals surface area contributed by atoms with Crippen molar-refractivity contribution in [1.82, 2.24) is 23.3 Å². The van der Waals surface area contributed by atoms with Gasteiger partial charge in [0, 0.05) is 38.8 Å². The van der Waals surface area contributed by atoms with Crippen molar-refractivity contribution in [3.05, 3.63) is 54.1 Å². The van der Waals surface area contributed by atoms with Crippen LogP contribution in [-0.2, 0) is 21.4 Å². The van der Waals surface area contributed by atoms with Crippen LogP contribution in [0.25, 0.3) is 11.0 Å². The highest BCUT2D eigenvalue weighted by atomic mass is 32.2. The van der Waals surface area contributed by atoms with E-state index in [1.807, 2.05) is 6.07 Å². The number of hydrogen-bond acceptors (Lipinski definition) is 7. The van der Waals surface area contributed by atoms with Gasteiger partial charge < -0.3 is 5.32 Å². The van der Waals surface area contributed by atoms with Gasteiger partial charge in [0.25, 0.3) is 0 Å². The lowest BCUT2D eigenvalue weighted by Crippen LogP contribution is -2.50. The first-order valence-corrected chi connectivity index (χ1v) is 14.0. The second-order valence-electron chi connectivity index (χ2n) is 9.13. The van der Waals surface area contributed by atoms with Crippen molar-refractivity contribution < 1.29 is 13.2 Å². The Bertz CT molecular complexity index is 1240. The predicted octanol–water partition coefficient (Wildman–Crippen LogP) is 2.87. The molecule has 2 aliphatic heterocycles. The van der Waals surface area contributed by atoms with Crippen LogP contribution in [0.1, 0.15) is 31.2 Å². The molecule has 3 aromatic rings. The van der Waals surface area contributed by atoms with E-state index >= 15 is 0 Å². The molecule has 0 bridgehead atoms. The zero-order chi connectivity index (χ0) is 23.5.